The first-order valence-electron chi connectivity index (χ1n) is 7.75. The van der Waals surface area contributed by atoms with E-state index in [2.05, 4.69) is 45.4 Å². The second-order valence-electron chi connectivity index (χ2n) is 7.79. The van der Waals surface area contributed by atoms with E-state index >= 15 is 0 Å². The van der Waals surface area contributed by atoms with E-state index in [4.69, 9.17) is 4.43 Å². The van der Waals surface area contributed by atoms with E-state index < -0.39 is 9.76 Å². The van der Waals surface area contributed by atoms with Crippen molar-refractivity contribution in [2.75, 3.05) is 0 Å². The molecule has 120 valence electrons. The Bertz CT molecular complexity index is 469. The predicted octanol–water partition coefficient (Wildman–Crippen LogP) is 4.46. The predicted molar refractivity (Wildman–Crippen MR) is 94.9 cm³/mol. The summed E-state index contributed by atoms with van der Waals surface area (Å²) in [5, 5.41) is 4.65. The summed E-state index contributed by atoms with van der Waals surface area (Å²) < 4.78 is 6.29. The first-order chi connectivity index (χ1) is 9.53. The lowest BCUT2D eigenvalue weighted by atomic mass is 9.93. The fraction of sp³-hybridized carbons (Fsp3) is 0.706. The second-order valence-corrected chi connectivity index (χ2v) is 11.2. The zero-order chi connectivity index (χ0) is 16.3. The third-order valence-electron chi connectivity index (χ3n) is 3.54. The average molecular weight is 327 g/mol. The molecule has 0 amide bonds. The first kappa shape index (κ1) is 18.6. The topological polar surface area (TPSA) is 26.3 Å². The first-order valence-corrected chi connectivity index (χ1v) is 9.98. The molecule has 1 aromatic rings. The van der Waals surface area contributed by atoms with Gasteiger partial charge in [-0.05, 0) is 47.2 Å². The highest BCUT2D eigenvalue weighted by molar-refractivity contribution is 7.08. The van der Waals surface area contributed by atoms with E-state index in [-0.39, 0.29) is 11.5 Å². The van der Waals surface area contributed by atoms with E-state index in [9.17, 15) is 4.79 Å². The van der Waals surface area contributed by atoms with E-state index in [1.165, 1.54) is 11.1 Å². The Morgan fingerprint density at radius 3 is 2.38 bits per heavy atom. The van der Waals surface area contributed by atoms with Crippen LogP contribution in [0.25, 0.3) is 0 Å². The third kappa shape index (κ3) is 6.05. The summed E-state index contributed by atoms with van der Waals surface area (Å²) in [4.78, 5) is 11.8. The molecule has 0 atom stereocenters. The Balaban J connectivity index is 2.75. The number of Topliss-reactive ketones (excluding diaryl/α,β-unsaturated/α-hetero) is 1. The maximum Gasteiger partial charge on any atom is 0.168 e. The van der Waals surface area contributed by atoms with Gasteiger partial charge in [0.25, 0.3) is 0 Å². The van der Waals surface area contributed by atoms with Crippen LogP contribution in [0.15, 0.2) is 10.8 Å². The molecule has 0 spiro atoms. The molecule has 1 heterocycles. The average Bonchev–Trinajstić information content (AvgIpc) is 2.81. The number of hydrogen-bond acceptors (Lipinski definition) is 3. The van der Waals surface area contributed by atoms with E-state index in [0.29, 0.717) is 17.2 Å². The minimum absolute atomic E-state index is 0.129. The molecule has 0 aliphatic heterocycles. The van der Waals surface area contributed by atoms with Crippen LogP contribution in [-0.2, 0) is 21.2 Å². The van der Waals surface area contributed by atoms with Gasteiger partial charge in [-0.2, -0.15) is 11.3 Å². The second kappa shape index (κ2) is 7.21. The molecule has 0 radical (unpaired) electrons. The fourth-order valence-corrected chi connectivity index (χ4v) is 4.06. The lowest BCUT2D eigenvalue weighted by Crippen LogP contribution is -2.28. The summed E-state index contributed by atoms with van der Waals surface area (Å²) in [6, 6.07) is 0. The normalized spacial score (nSPS) is 13.5. The Kier molecular flexibility index (Phi) is 6.38. The van der Waals surface area contributed by atoms with Crippen LogP contribution in [-0.4, -0.2) is 15.5 Å². The van der Waals surface area contributed by atoms with Crippen molar-refractivity contribution >= 4 is 26.9 Å². The molecule has 1 aromatic heterocycles. The van der Waals surface area contributed by atoms with Gasteiger partial charge < -0.3 is 4.43 Å². The molecule has 0 aliphatic rings. The number of carbonyl (C=O) groups excluding carboxylic acids is 1. The minimum atomic E-state index is -0.598. The Morgan fingerprint density at radius 1 is 1.24 bits per heavy atom. The summed E-state index contributed by atoms with van der Waals surface area (Å²) in [6.07, 6.45) is 1.47. The van der Waals surface area contributed by atoms with Crippen molar-refractivity contribution < 1.29 is 9.22 Å². The van der Waals surface area contributed by atoms with Crippen LogP contribution in [0.2, 0.25) is 5.04 Å². The van der Waals surface area contributed by atoms with Gasteiger partial charge in [-0.15, -0.1) is 0 Å². The summed E-state index contributed by atoms with van der Waals surface area (Å²) in [7, 11) is -0.598. The Morgan fingerprint density at radius 2 is 1.86 bits per heavy atom. The molecule has 0 unspecified atom stereocenters. The van der Waals surface area contributed by atoms with Gasteiger partial charge >= 0.3 is 0 Å². The van der Waals surface area contributed by atoms with Gasteiger partial charge in [0.15, 0.2) is 9.76 Å². The maximum absolute atomic E-state index is 11.8. The lowest BCUT2D eigenvalue weighted by molar-refractivity contribution is -0.121. The van der Waals surface area contributed by atoms with Crippen molar-refractivity contribution in [2.24, 2.45) is 5.92 Å². The van der Waals surface area contributed by atoms with Crippen LogP contribution in [0.5, 0.6) is 0 Å². The van der Waals surface area contributed by atoms with Crippen LogP contribution in [0.3, 0.4) is 0 Å². The minimum Gasteiger partial charge on any atom is -0.415 e. The zero-order valence-electron chi connectivity index (χ0n) is 14.6. The zero-order valence-corrected chi connectivity index (χ0v) is 16.8. The van der Waals surface area contributed by atoms with Crippen LogP contribution in [0.1, 0.15) is 66.0 Å². The molecular weight excluding hydrogens is 296 g/mol. The van der Waals surface area contributed by atoms with Gasteiger partial charge in [-0.25, -0.2) is 0 Å². The SMILES string of the molecule is CC(C)C(=O)CCc1cscc1C(C)(C)O[SiH2]C(C)(C)C. The molecule has 1 rings (SSSR count). The molecule has 2 nitrogen and oxygen atoms in total. The molecular formula is C17H30O2SSi. The van der Waals surface area contributed by atoms with Crippen molar-refractivity contribution in [3.63, 3.8) is 0 Å². The molecule has 0 fully saturated rings. The van der Waals surface area contributed by atoms with E-state index in [0.717, 1.165) is 6.42 Å². The molecule has 0 bridgehead atoms. The van der Waals surface area contributed by atoms with Gasteiger partial charge in [0.05, 0.1) is 5.60 Å². The molecule has 0 saturated carbocycles. The van der Waals surface area contributed by atoms with E-state index in [1.807, 2.05) is 13.8 Å². The monoisotopic (exact) mass is 326 g/mol. The molecule has 21 heavy (non-hydrogen) atoms. The molecule has 0 N–H and O–H groups in total. The lowest BCUT2D eigenvalue weighted by Gasteiger charge is -2.30. The summed E-state index contributed by atoms with van der Waals surface area (Å²) >= 11 is 1.71. The molecule has 0 aromatic carbocycles. The molecule has 0 aliphatic carbocycles. The standard InChI is InChI=1S/C17H30O2SSi/c1-12(2)15(18)9-8-13-10-20-11-14(13)17(6,7)19-21-16(3,4)5/h10-12H,8-9,21H2,1-7H3. The van der Waals surface area contributed by atoms with Gasteiger partial charge in [-0.1, -0.05) is 34.6 Å². The Labute approximate surface area is 136 Å². The molecule has 0 saturated heterocycles. The van der Waals surface area contributed by atoms with Crippen molar-refractivity contribution in [1.29, 1.82) is 0 Å². The summed E-state index contributed by atoms with van der Waals surface area (Å²) in [5.41, 5.74) is 2.30. The number of aryl methyl sites for hydroxylation is 1. The highest BCUT2D eigenvalue weighted by atomic mass is 32.1. The quantitative estimate of drug-likeness (QED) is 0.692. The third-order valence-corrected chi connectivity index (χ3v) is 6.07. The van der Waals surface area contributed by atoms with Crippen LogP contribution in [0, 0.1) is 5.92 Å². The van der Waals surface area contributed by atoms with Crippen molar-refractivity contribution in [2.45, 2.75) is 71.9 Å². The van der Waals surface area contributed by atoms with Gasteiger partial charge in [0, 0.05) is 12.3 Å². The van der Waals surface area contributed by atoms with Gasteiger partial charge in [0.1, 0.15) is 5.78 Å². The molecule has 4 heteroatoms. The highest BCUT2D eigenvalue weighted by Crippen LogP contribution is 2.33. The Hall–Kier alpha value is -0.453. The van der Waals surface area contributed by atoms with E-state index in [1.54, 1.807) is 11.3 Å². The smallest absolute Gasteiger partial charge is 0.168 e. The highest BCUT2D eigenvalue weighted by Gasteiger charge is 2.27. The number of rotatable bonds is 7. The van der Waals surface area contributed by atoms with Gasteiger partial charge in [-0.3, -0.25) is 4.79 Å². The van der Waals surface area contributed by atoms with Crippen molar-refractivity contribution in [3.05, 3.63) is 21.9 Å². The largest absolute Gasteiger partial charge is 0.415 e. The van der Waals surface area contributed by atoms with Crippen molar-refractivity contribution in [3.8, 4) is 0 Å². The summed E-state index contributed by atoms with van der Waals surface area (Å²) in [6.45, 7) is 15.0. The van der Waals surface area contributed by atoms with Crippen molar-refractivity contribution in [1.82, 2.24) is 0 Å². The number of hydrogen-bond donors (Lipinski definition) is 0. The number of thiophene rings is 1. The van der Waals surface area contributed by atoms with Crippen LogP contribution >= 0.6 is 11.3 Å². The number of carbonyl (C=O) groups is 1. The maximum atomic E-state index is 11.8. The van der Waals surface area contributed by atoms with Crippen LogP contribution in [0.4, 0.5) is 0 Å². The van der Waals surface area contributed by atoms with Gasteiger partial charge in [0.2, 0.25) is 0 Å². The van der Waals surface area contributed by atoms with Crippen LogP contribution < -0.4 is 0 Å². The number of ketones is 1. The summed E-state index contributed by atoms with van der Waals surface area (Å²) in [5.74, 6) is 0.472. The fourth-order valence-electron chi connectivity index (χ4n) is 2.07.